The molecule has 10 aromatic rings. The van der Waals surface area contributed by atoms with Crippen LogP contribution in [-0.2, 0) is 0 Å². The summed E-state index contributed by atoms with van der Waals surface area (Å²) in [6.07, 6.45) is 0. The molecule has 56 heavy (non-hydrogen) atoms. The lowest BCUT2D eigenvalue weighted by Crippen LogP contribution is -2.11. The number of hydrogen-bond acceptors (Lipinski definition) is 3. The van der Waals surface area contributed by atoms with E-state index in [0.29, 0.717) is 5.89 Å². The molecular weight excluding hydrogens is 681 g/mol. The molecule has 0 spiro atoms. The summed E-state index contributed by atoms with van der Waals surface area (Å²) in [5.74, 6) is 0.629. The summed E-state index contributed by atoms with van der Waals surface area (Å²) in [6.45, 7) is 0. The van der Waals surface area contributed by atoms with Crippen LogP contribution in [0.15, 0.2) is 223 Å². The lowest BCUT2D eigenvalue weighted by molar-refractivity contribution is 0.620. The van der Waals surface area contributed by atoms with Gasteiger partial charge < -0.3 is 9.32 Å². The molecule has 0 saturated carbocycles. The van der Waals surface area contributed by atoms with Gasteiger partial charge in [0.25, 0.3) is 0 Å². The molecule has 0 aliphatic heterocycles. The molecule has 0 unspecified atom stereocenters. The van der Waals surface area contributed by atoms with Gasteiger partial charge >= 0.3 is 0 Å². The number of anilines is 3. The van der Waals surface area contributed by atoms with E-state index < -0.39 is 0 Å². The van der Waals surface area contributed by atoms with E-state index in [9.17, 15) is 0 Å². The standard InChI is InChI=1S/C53H36N2O/c1-6-16-37(17-7-1)41-27-32-50(49(35-41)39-20-10-3-11-21-39)55(44-24-14-5-15-25-44)45-29-31-46(38-18-8-2-9-19-38)48(36-45)43-26-30-47-42(34-43)28-33-51-52(47)54-53(56-51)40-22-12-4-13-23-40/h1-36H. The Kier molecular flexibility index (Phi) is 8.51. The molecule has 10 rings (SSSR count). The van der Waals surface area contributed by atoms with Crippen LogP contribution in [0.1, 0.15) is 0 Å². The van der Waals surface area contributed by atoms with E-state index in [-0.39, 0.29) is 0 Å². The number of para-hydroxylation sites is 1. The molecule has 0 fully saturated rings. The summed E-state index contributed by atoms with van der Waals surface area (Å²) in [6, 6.07) is 77.3. The van der Waals surface area contributed by atoms with Crippen LogP contribution in [-0.4, -0.2) is 4.98 Å². The van der Waals surface area contributed by atoms with E-state index in [1.165, 1.54) is 16.7 Å². The van der Waals surface area contributed by atoms with Gasteiger partial charge in [-0.05, 0) is 105 Å². The van der Waals surface area contributed by atoms with E-state index in [1.807, 2.05) is 36.4 Å². The van der Waals surface area contributed by atoms with Gasteiger partial charge in [0.2, 0.25) is 5.89 Å². The highest BCUT2D eigenvalue weighted by Gasteiger charge is 2.21. The van der Waals surface area contributed by atoms with Crippen molar-refractivity contribution in [1.82, 2.24) is 4.98 Å². The Morgan fingerprint density at radius 2 is 0.946 bits per heavy atom. The molecule has 0 saturated heterocycles. The fourth-order valence-corrected chi connectivity index (χ4v) is 7.77. The van der Waals surface area contributed by atoms with Gasteiger partial charge in [-0.15, -0.1) is 0 Å². The fourth-order valence-electron chi connectivity index (χ4n) is 7.77. The topological polar surface area (TPSA) is 29.3 Å². The van der Waals surface area contributed by atoms with Gasteiger partial charge in [0.1, 0.15) is 5.52 Å². The van der Waals surface area contributed by atoms with Crippen LogP contribution in [0.3, 0.4) is 0 Å². The van der Waals surface area contributed by atoms with Crippen LogP contribution < -0.4 is 4.90 Å². The number of rotatable bonds is 8. The zero-order valence-corrected chi connectivity index (χ0v) is 30.6. The summed E-state index contributed by atoms with van der Waals surface area (Å²) in [5.41, 5.74) is 15.1. The van der Waals surface area contributed by atoms with Gasteiger partial charge in [0.15, 0.2) is 5.58 Å². The van der Waals surface area contributed by atoms with E-state index >= 15 is 0 Å². The first-order chi connectivity index (χ1) is 27.8. The fraction of sp³-hybridized carbons (Fsp3) is 0. The van der Waals surface area contributed by atoms with Gasteiger partial charge in [0.05, 0.1) is 5.69 Å². The highest BCUT2D eigenvalue weighted by Crippen LogP contribution is 2.45. The van der Waals surface area contributed by atoms with Gasteiger partial charge in [-0.3, -0.25) is 0 Å². The molecule has 0 radical (unpaired) electrons. The molecule has 0 N–H and O–H groups in total. The van der Waals surface area contributed by atoms with E-state index in [2.05, 4.69) is 187 Å². The number of fused-ring (bicyclic) bond motifs is 3. The van der Waals surface area contributed by atoms with Gasteiger partial charge in [-0.25, -0.2) is 4.98 Å². The molecule has 1 aromatic heterocycles. The maximum Gasteiger partial charge on any atom is 0.227 e. The van der Waals surface area contributed by atoms with E-state index in [1.54, 1.807) is 0 Å². The zero-order chi connectivity index (χ0) is 37.3. The number of aromatic nitrogens is 1. The molecule has 264 valence electrons. The van der Waals surface area contributed by atoms with Gasteiger partial charge in [-0.2, -0.15) is 0 Å². The van der Waals surface area contributed by atoms with Crippen LogP contribution in [0, 0.1) is 0 Å². The van der Waals surface area contributed by atoms with E-state index in [0.717, 1.165) is 72.3 Å². The van der Waals surface area contributed by atoms with Crippen molar-refractivity contribution in [2.75, 3.05) is 4.90 Å². The number of benzene rings is 9. The predicted molar refractivity (Wildman–Crippen MR) is 233 cm³/mol. The average Bonchev–Trinajstić information content (AvgIpc) is 3.73. The van der Waals surface area contributed by atoms with Crippen molar-refractivity contribution in [3.63, 3.8) is 0 Å². The van der Waals surface area contributed by atoms with Crippen molar-refractivity contribution in [1.29, 1.82) is 0 Å². The first-order valence-corrected chi connectivity index (χ1v) is 19.0. The molecule has 1 heterocycles. The highest BCUT2D eigenvalue weighted by atomic mass is 16.3. The summed E-state index contributed by atoms with van der Waals surface area (Å²) in [4.78, 5) is 7.36. The molecule has 3 nitrogen and oxygen atoms in total. The van der Waals surface area contributed by atoms with Gasteiger partial charge in [0, 0.05) is 27.9 Å². The van der Waals surface area contributed by atoms with Crippen molar-refractivity contribution < 1.29 is 4.42 Å². The molecule has 0 atom stereocenters. The first kappa shape index (κ1) is 33.1. The quantitative estimate of drug-likeness (QED) is 0.157. The minimum absolute atomic E-state index is 0.629. The smallest absolute Gasteiger partial charge is 0.227 e. The SMILES string of the molecule is c1ccc(-c2ccc(N(c3ccccc3)c3ccc(-c4ccccc4)c(-c4ccc5c(ccc6oc(-c7ccccc7)nc65)c4)c3)c(-c3ccccc3)c2)cc1. The second-order valence-electron chi connectivity index (χ2n) is 14.0. The maximum absolute atomic E-state index is 6.24. The number of nitrogens with zero attached hydrogens (tertiary/aromatic N) is 2. The number of oxazole rings is 1. The Morgan fingerprint density at radius 1 is 0.357 bits per heavy atom. The summed E-state index contributed by atoms with van der Waals surface area (Å²) in [5, 5.41) is 2.17. The van der Waals surface area contributed by atoms with Gasteiger partial charge in [-0.1, -0.05) is 158 Å². The van der Waals surface area contributed by atoms with Crippen molar-refractivity contribution in [2.45, 2.75) is 0 Å². The molecule has 0 bridgehead atoms. The minimum atomic E-state index is 0.629. The first-order valence-electron chi connectivity index (χ1n) is 19.0. The molecular formula is C53H36N2O. The average molecular weight is 717 g/mol. The van der Waals surface area contributed by atoms with Crippen molar-refractivity contribution in [2.24, 2.45) is 0 Å². The zero-order valence-electron chi connectivity index (χ0n) is 30.6. The Hall–Kier alpha value is -7.49. The van der Waals surface area contributed by atoms with Crippen LogP contribution in [0.25, 0.3) is 77.8 Å². The Bertz CT molecular complexity index is 2940. The van der Waals surface area contributed by atoms with Crippen molar-refractivity contribution >= 4 is 38.9 Å². The minimum Gasteiger partial charge on any atom is -0.436 e. The normalized spacial score (nSPS) is 11.2. The lowest BCUT2D eigenvalue weighted by atomic mass is 9.91. The molecule has 9 aromatic carbocycles. The van der Waals surface area contributed by atoms with Crippen molar-refractivity contribution in [3.05, 3.63) is 218 Å². The third-order valence-corrected chi connectivity index (χ3v) is 10.5. The molecule has 0 aliphatic rings. The maximum atomic E-state index is 6.24. The highest BCUT2D eigenvalue weighted by molar-refractivity contribution is 6.06. The molecule has 0 aliphatic carbocycles. The third-order valence-electron chi connectivity index (χ3n) is 10.5. The number of hydrogen-bond donors (Lipinski definition) is 0. The molecule has 0 amide bonds. The second-order valence-corrected chi connectivity index (χ2v) is 14.0. The van der Waals surface area contributed by atoms with E-state index in [4.69, 9.17) is 9.40 Å². The van der Waals surface area contributed by atoms with Crippen LogP contribution in [0.2, 0.25) is 0 Å². The third kappa shape index (κ3) is 6.21. The van der Waals surface area contributed by atoms with Crippen LogP contribution >= 0.6 is 0 Å². The summed E-state index contributed by atoms with van der Waals surface area (Å²) >= 11 is 0. The molecule has 3 heteroatoms. The summed E-state index contributed by atoms with van der Waals surface area (Å²) in [7, 11) is 0. The largest absolute Gasteiger partial charge is 0.436 e. The lowest BCUT2D eigenvalue weighted by Gasteiger charge is -2.29. The Morgan fingerprint density at radius 3 is 1.62 bits per heavy atom. The van der Waals surface area contributed by atoms with Crippen LogP contribution in [0.5, 0.6) is 0 Å². The Labute approximate surface area is 326 Å². The monoisotopic (exact) mass is 716 g/mol. The second kappa shape index (κ2) is 14.4. The van der Waals surface area contributed by atoms with Crippen LogP contribution in [0.4, 0.5) is 17.1 Å². The van der Waals surface area contributed by atoms with Crippen molar-refractivity contribution in [3.8, 4) is 56.0 Å². The Balaban J connectivity index is 1.16. The predicted octanol–water partition coefficient (Wildman–Crippen LogP) is 14.8. The summed E-state index contributed by atoms with van der Waals surface area (Å²) < 4.78 is 6.24.